The van der Waals surface area contributed by atoms with E-state index in [0.29, 0.717) is 5.92 Å². The molecule has 0 spiro atoms. The maximum atomic E-state index is 5.19. The number of halogens is 1. The van der Waals surface area contributed by atoms with Crippen LogP contribution in [-0.2, 0) is 0 Å². The van der Waals surface area contributed by atoms with Gasteiger partial charge in [0.2, 0.25) is 0 Å². The lowest BCUT2D eigenvalue weighted by atomic mass is 9.67. The standard InChI is InChI=1S/C58H76N2.HI/c1-7-9-11-13-15-17-19-21-30-45-49(57(3,4)41-53-55(45)47-32-23-25-34-51(47)59-53)38-36-43-28-27-29-44(40-43)37-39-50-46(31-22-20-18-16-14-12-10-8-2)56-48-33-24-26-35-52(48)60-54(56)42-58(50,5)6;/h23-26,32-42,45H,7-22,27-31H2,1-6H3;1H. The second-order valence-electron chi connectivity index (χ2n) is 19.8. The first kappa shape index (κ1) is 47.2. The highest BCUT2D eigenvalue weighted by atomic mass is 127. The molecule has 0 saturated heterocycles. The largest absolute Gasteiger partial charge is 0.248 e. The molecule has 2 aliphatic heterocycles. The van der Waals surface area contributed by atoms with Gasteiger partial charge in [0.15, 0.2) is 0 Å². The van der Waals surface area contributed by atoms with Crippen molar-refractivity contribution in [1.82, 2.24) is 0 Å². The van der Waals surface area contributed by atoms with Gasteiger partial charge >= 0.3 is 0 Å². The van der Waals surface area contributed by atoms with Crippen molar-refractivity contribution >= 4 is 35.1 Å². The fourth-order valence-electron chi connectivity index (χ4n) is 10.8. The van der Waals surface area contributed by atoms with Crippen molar-refractivity contribution in [1.29, 1.82) is 0 Å². The number of benzene rings is 2. The monoisotopic (exact) mass is 929 g/mol. The Morgan fingerprint density at radius 2 is 1.18 bits per heavy atom. The summed E-state index contributed by atoms with van der Waals surface area (Å²) in [6.07, 6.45) is 44.8. The number of unbranched alkanes of at least 4 members (excludes halogenated alkanes) is 14. The van der Waals surface area contributed by atoms with E-state index in [1.807, 2.05) is 0 Å². The molecule has 0 saturated carbocycles. The highest BCUT2D eigenvalue weighted by Gasteiger charge is 2.38. The average molecular weight is 929 g/mol. The maximum Gasteiger partial charge on any atom is 0.0716 e. The molecule has 2 heterocycles. The molecule has 1 atom stereocenters. The van der Waals surface area contributed by atoms with E-state index in [4.69, 9.17) is 9.98 Å². The summed E-state index contributed by atoms with van der Waals surface area (Å²) >= 11 is 0. The molecule has 3 aliphatic carbocycles. The fraction of sp³-hybridized carbons (Fsp3) is 0.517. The Hall–Kier alpha value is -3.31. The number of hydrogen-bond acceptors (Lipinski definition) is 2. The molecular weight excluding hydrogens is 852 g/mol. The van der Waals surface area contributed by atoms with E-state index in [1.165, 1.54) is 171 Å². The minimum absolute atomic E-state index is 0. The third kappa shape index (κ3) is 11.6. The van der Waals surface area contributed by atoms with Crippen LogP contribution in [0.5, 0.6) is 0 Å². The van der Waals surface area contributed by atoms with E-state index in [-0.39, 0.29) is 34.8 Å². The minimum Gasteiger partial charge on any atom is -0.248 e. The van der Waals surface area contributed by atoms with Gasteiger partial charge in [0, 0.05) is 32.8 Å². The zero-order valence-electron chi connectivity index (χ0n) is 38.9. The van der Waals surface area contributed by atoms with Gasteiger partial charge in [-0.3, -0.25) is 0 Å². The fourth-order valence-corrected chi connectivity index (χ4v) is 10.8. The molecule has 7 rings (SSSR count). The molecule has 61 heavy (non-hydrogen) atoms. The molecule has 2 aromatic carbocycles. The van der Waals surface area contributed by atoms with Crippen LogP contribution in [0.4, 0.5) is 0 Å². The van der Waals surface area contributed by atoms with Crippen LogP contribution in [0, 0.1) is 16.7 Å². The Morgan fingerprint density at radius 3 is 1.87 bits per heavy atom. The molecule has 2 nitrogen and oxygen atoms in total. The van der Waals surface area contributed by atoms with Crippen molar-refractivity contribution < 1.29 is 0 Å². The number of fused-ring (bicyclic) bond motifs is 4. The lowest BCUT2D eigenvalue weighted by Crippen LogP contribution is -2.30. The van der Waals surface area contributed by atoms with E-state index in [2.05, 4.69) is 133 Å². The van der Waals surface area contributed by atoms with Gasteiger partial charge in [-0.1, -0.05) is 210 Å². The molecule has 0 radical (unpaired) electrons. The molecule has 326 valence electrons. The van der Waals surface area contributed by atoms with E-state index in [0.717, 1.165) is 30.0 Å². The first-order chi connectivity index (χ1) is 29.2. The average Bonchev–Trinajstić information content (AvgIpc) is 3.78. The Morgan fingerprint density at radius 1 is 0.607 bits per heavy atom. The summed E-state index contributed by atoms with van der Waals surface area (Å²) in [7, 11) is 0. The summed E-state index contributed by atoms with van der Waals surface area (Å²) in [5.41, 5.74) is 12.6. The summed E-state index contributed by atoms with van der Waals surface area (Å²) in [5.74, 6) is 0.402. The van der Waals surface area contributed by atoms with Crippen LogP contribution < -0.4 is 21.2 Å². The molecule has 2 aromatic rings. The van der Waals surface area contributed by atoms with Gasteiger partial charge in [-0.25, -0.2) is 9.98 Å². The highest BCUT2D eigenvalue weighted by molar-refractivity contribution is 14.0. The first-order valence-corrected chi connectivity index (χ1v) is 24.6. The molecular formula is C58H77IN2. The lowest BCUT2D eigenvalue weighted by Gasteiger charge is -2.37. The third-order valence-electron chi connectivity index (χ3n) is 14.0. The Bertz CT molecular complexity index is 2330. The van der Waals surface area contributed by atoms with Crippen LogP contribution in [0.2, 0.25) is 0 Å². The zero-order chi connectivity index (χ0) is 42.0. The van der Waals surface area contributed by atoms with Crippen molar-refractivity contribution in [2.24, 2.45) is 26.7 Å². The first-order valence-electron chi connectivity index (χ1n) is 24.6. The Labute approximate surface area is 387 Å². The smallest absolute Gasteiger partial charge is 0.0716 e. The van der Waals surface area contributed by atoms with Gasteiger partial charge in [-0.2, -0.15) is 0 Å². The van der Waals surface area contributed by atoms with Crippen LogP contribution in [-0.4, -0.2) is 0 Å². The molecule has 0 bridgehead atoms. The van der Waals surface area contributed by atoms with Crippen molar-refractivity contribution in [2.45, 2.75) is 176 Å². The molecule has 0 amide bonds. The van der Waals surface area contributed by atoms with E-state index in [1.54, 1.807) is 5.57 Å². The van der Waals surface area contributed by atoms with Crippen LogP contribution in [0.15, 0.2) is 140 Å². The normalized spacial score (nSPS) is 21.0. The van der Waals surface area contributed by atoms with Crippen molar-refractivity contribution in [2.75, 3.05) is 0 Å². The Balaban J connectivity index is 0.00000622. The molecule has 1 unspecified atom stereocenters. The summed E-state index contributed by atoms with van der Waals surface area (Å²) in [4.78, 5) is 10.4. The second-order valence-corrected chi connectivity index (χ2v) is 19.8. The second kappa shape index (κ2) is 22.4. The van der Waals surface area contributed by atoms with Gasteiger partial charge in [0.05, 0.1) is 22.1 Å². The number of hydrogen-bond donors (Lipinski definition) is 0. The maximum absolute atomic E-state index is 5.19. The van der Waals surface area contributed by atoms with Gasteiger partial charge < -0.3 is 0 Å². The lowest BCUT2D eigenvalue weighted by molar-refractivity contribution is 0.463. The number of allylic oxidation sites excluding steroid dienone is 13. The van der Waals surface area contributed by atoms with Gasteiger partial charge in [0.25, 0.3) is 0 Å². The zero-order valence-corrected chi connectivity index (χ0v) is 41.2. The summed E-state index contributed by atoms with van der Waals surface area (Å²) < 4.78 is 0. The predicted molar refractivity (Wildman–Crippen MR) is 273 cm³/mol. The van der Waals surface area contributed by atoms with Gasteiger partial charge in [0.1, 0.15) is 0 Å². The number of para-hydroxylation sites is 2. The van der Waals surface area contributed by atoms with E-state index in [9.17, 15) is 0 Å². The molecule has 3 heteroatoms. The highest BCUT2D eigenvalue weighted by Crippen LogP contribution is 2.49. The molecule has 0 aromatic heterocycles. The number of nitrogens with zero attached hydrogens (tertiary/aromatic N) is 2. The predicted octanol–water partition coefficient (Wildman–Crippen LogP) is 14.9. The van der Waals surface area contributed by atoms with Crippen LogP contribution in [0.25, 0.3) is 11.1 Å². The van der Waals surface area contributed by atoms with Gasteiger partial charge in [-0.05, 0) is 90.7 Å². The third-order valence-corrected chi connectivity index (χ3v) is 14.0. The van der Waals surface area contributed by atoms with Crippen LogP contribution >= 0.6 is 24.0 Å². The van der Waals surface area contributed by atoms with E-state index >= 15 is 0 Å². The van der Waals surface area contributed by atoms with Gasteiger partial charge in [-0.15, -0.1) is 24.0 Å². The summed E-state index contributed by atoms with van der Waals surface area (Å²) in [6.45, 7) is 14.3. The summed E-state index contributed by atoms with van der Waals surface area (Å²) in [5, 5.41) is 4.94. The quantitative estimate of drug-likeness (QED) is 0.0880. The molecule has 0 fully saturated rings. The topological polar surface area (TPSA) is 24.7 Å². The van der Waals surface area contributed by atoms with E-state index < -0.39 is 0 Å². The van der Waals surface area contributed by atoms with Crippen molar-refractivity contribution in [3.63, 3.8) is 0 Å². The Kier molecular flexibility index (Phi) is 17.3. The number of rotatable bonds is 21. The minimum atomic E-state index is -0.0829. The van der Waals surface area contributed by atoms with Crippen molar-refractivity contribution in [3.8, 4) is 0 Å². The van der Waals surface area contributed by atoms with Crippen LogP contribution in [0.1, 0.15) is 176 Å². The summed E-state index contributed by atoms with van der Waals surface area (Å²) in [6, 6.07) is 17.7. The molecule has 0 N–H and O–H groups in total. The molecule has 5 aliphatic rings. The van der Waals surface area contributed by atoms with Crippen LogP contribution in [0.3, 0.4) is 0 Å². The van der Waals surface area contributed by atoms with Crippen molar-refractivity contribution in [3.05, 3.63) is 151 Å². The SMILES string of the molecule is CCCCCCCCCCC1=C(C=CC2=CC(=CC=C3C(CCCCCCCCCC)C4=c5ccccc5=NC4=CC3(C)C)CCC2)C(C)(C)C=C2N=c3ccccc3=C21.I.